The molecule has 1 aliphatic rings. The number of carbonyl (C=O) groups excluding carboxylic acids is 2. The van der Waals surface area contributed by atoms with Gasteiger partial charge in [-0.05, 0) is 74.6 Å². The second kappa shape index (κ2) is 7.88. The van der Waals surface area contributed by atoms with Crippen molar-refractivity contribution in [2.45, 2.75) is 34.6 Å². The molecule has 1 heterocycles. The Morgan fingerprint density at radius 2 is 1.23 bits per heavy atom. The summed E-state index contributed by atoms with van der Waals surface area (Å²) in [7, 11) is 0. The van der Waals surface area contributed by atoms with Crippen LogP contribution in [0.15, 0.2) is 66.4 Å². The summed E-state index contributed by atoms with van der Waals surface area (Å²) in [5.41, 5.74) is 7.93. The van der Waals surface area contributed by atoms with Gasteiger partial charge in [-0.25, -0.2) is 4.90 Å². The first kappa shape index (κ1) is 20.6. The molecule has 0 saturated carbocycles. The van der Waals surface area contributed by atoms with Crippen molar-refractivity contribution in [1.29, 1.82) is 0 Å². The van der Waals surface area contributed by atoms with E-state index in [1.807, 2.05) is 95.3 Å². The summed E-state index contributed by atoms with van der Waals surface area (Å²) in [6.45, 7) is 9.85. The van der Waals surface area contributed by atoms with Crippen molar-refractivity contribution in [2.24, 2.45) is 0 Å². The Balaban J connectivity index is 1.88. The molecule has 4 nitrogen and oxygen atoms in total. The van der Waals surface area contributed by atoms with Crippen LogP contribution in [0.3, 0.4) is 0 Å². The van der Waals surface area contributed by atoms with Gasteiger partial charge in [-0.1, -0.05) is 54.1 Å². The molecule has 1 aliphatic heterocycles. The molecule has 2 amide bonds. The predicted octanol–water partition coefficient (Wildman–Crippen LogP) is 5.63. The molecule has 1 N–H and O–H groups in total. The zero-order valence-electron chi connectivity index (χ0n) is 18.5. The van der Waals surface area contributed by atoms with E-state index in [-0.39, 0.29) is 11.8 Å². The normalized spacial score (nSPS) is 13.9. The maximum absolute atomic E-state index is 13.6. The van der Waals surface area contributed by atoms with E-state index in [9.17, 15) is 9.59 Å². The van der Waals surface area contributed by atoms with E-state index >= 15 is 0 Å². The van der Waals surface area contributed by atoms with Crippen molar-refractivity contribution in [3.05, 3.63) is 99.7 Å². The fraction of sp³-hybridized carbons (Fsp3) is 0.185. The molecule has 4 heteroatoms. The monoisotopic (exact) mass is 410 g/mol. The molecule has 0 unspecified atom stereocenters. The molecule has 4 rings (SSSR count). The van der Waals surface area contributed by atoms with Gasteiger partial charge in [-0.3, -0.25) is 9.59 Å². The van der Waals surface area contributed by atoms with Gasteiger partial charge in [0.15, 0.2) is 0 Å². The Kier molecular flexibility index (Phi) is 5.24. The van der Waals surface area contributed by atoms with Crippen LogP contribution in [0, 0.1) is 34.6 Å². The summed E-state index contributed by atoms with van der Waals surface area (Å²) in [6.07, 6.45) is 0. The van der Waals surface area contributed by atoms with Crippen molar-refractivity contribution in [1.82, 2.24) is 0 Å². The molecule has 156 valence electrons. The lowest BCUT2D eigenvalue weighted by Gasteiger charge is -2.18. The Labute approximate surface area is 183 Å². The zero-order chi connectivity index (χ0) is 22.3. The van der Waals surface area contributed by atoms with Crippen LogP contribution >= 0.6 is 0 Å². The summed E-state index contributed by atoms with van der Waals surface area (Å²) >= 11 is 0. The largest absolute Gasteiger partial charge is 0.350 e. The van der Waals surface area contributed by atoms with Crippen molar-refractivity contribution >= 4 is 28.8 Å². The van der Waals surface area contributed by atoms with E-state index in [1.54, 1.807) is 0 Å². The van der Waals surface area contributed by atoms with Gasteiger partial charge in [0.1, 0.15) is 5.70 Å². The molecule has 31 heavy (non-hydrogen) atoms. The molecule has 0 aromatic heterocycles. The maximum atomic E-state index is 13.6. The summed E-state index contributed by atoms with van der Waals surface area (Å²) in [6, 6.07) is 19.5. The van der Waals surface area contributed by atoms with E-state index < -0.39 is 0 Å². The Bertz CT molecular complexity index is 1240. The van der Waals surface area contributed by atoms with Crippen LogP contribution in [0.1, 0.15) is 33.4 Å². The van der Waals surface area contributed by atoms with Crippen LogP contribution in [0.2, 0.25) is 0 Å². The molecule has 3 aromatic rings. The molecule has 0 atom stereocenters. The molecular weight excluding hydrogens is 384 g/mol. The average molecular weight is 411 g/mol. The molecule has 0 spiro atoms. The van der Waals surface area contributed by atoms with Gasteiger partial charge < -0.3 is 5.32 Å². The number of nitrogens with zero attached hydrogens (tertiary/aromatic N) is 1. The minimum Gasteiger partial charge on any atom is -0.350 e. The summed E-state index contributed by atoms with van der Waals surface area (Å²) < 4.78 is 0. The van der Waals surface area contributed by atoms with Crippen LogP contribution in [-0.4, -0.2) is 11.8 Å². The van der Waals surface area contributed by atoms with E-state index in [2.05, 4.69) is 5.32 Å². The number of anilines is 2. The first-order chi connectivity index (χ1) is 14.8. The third kappa shape index (κ3) is 3.77. The van der Waals surface area contributed by atoms with Gasteiger partial charge in [-0.2, -0.15) is 0 Å². The minimum absolute atomic E-state index is 0.309. The Morgan fingerprint density at radius 1 is 0.645 bits per heavy atom. The zero-order valence-corrected chi connectivity index (χ0v) is 18.5. The smallest absolute Gasteiger partial charge is 0.282 e. The van der Waals surface area contributed by atoms with E-state index in [0.717, 1.165) is 39.1 Å². The third-order valence-corrected chi connectivity index (χ3v) is 5.68. The van der Waals surface area contributed by atoms with Gasteiger partial charge in [0, 0.05) is 5.69 Å². The van der Waals surface area contributed by atoms with Crippen molar-refractivity contribution in [3.63, 3.8) is 0 Å². The highest BCUT2D eigenvalue weighted by Gasteiger charge is 2.41. The lowest BCUT2D eigenvalue weighted by atomic mass is 10.0. The van der Waals surface area contributed by atoms with Crippen LogP contribution in [0.5, 0.6) is 0 Å². The fourth-order valence-corrected chi connectivity index (χ4v) is 3.82. The Morgan fingerprint density at radius 3 is 1.90 bits per heavy atom. The SMILES string of the molecule is Cc1ccc(C2=C(Nc3cc(C)ccc3C)C(=O)N(c3cc(C)ccc3C)C2=O)cc1. The van der Waals surface area contributed by atoms with Crippen LogP contribution in [0.25, 0.3) is 5.57 Å². The number of amides is 2. The van der Waals surface area contributed by atoms with Crippen molar-refractivity contribution < 1.29 is 9.59 Å². The number of hydrogen-bond acceptors (Lipinski definition) is 3. The van der Waals surface area contributed by atoms with Crippen LogP contribution in [-0.2, 0) is 9.59 Å². The number of hydrogen-bond donors (Lipinski definition) is 1. The highest BCUT2D eigenvalue weighted by molar-refractivity contribution is 6.46. The van der Waals surface area contributed by atoms with Crippen LogP contribution in [0.4, 0.5) is 11.4 Å². The lowest BCUT2D eigenvalue weighted by Crippen LogP contribution is -2.33. The maximum Gasteiger partial charge on any atom is 0.282 e. The van der Waals surface area contributed by atoms with Crippen molar-refractivity contribution in [2.75, 3.05) is 10.2 Å². The number of benzene rings is 3. The first-order valence-electron chi connectivity index (χ1n) is 10.4. The van der Waals surface area contributed by atoms with E-state index in [0.29, 0.717) is 17.0 Å². The molecule has 0 bridgehead atoms. The lowest BCUT2D eigenvalue weighted by molar-refractivity contribution is -0.120. The van der Waals surface area contributed by atoms with Gasteiger partial charge in [-0.15, -0.1) is 0 Å². The van der Waals surface area contributed by atoms with Crippen molar-refractivity contribution in [3.8, 4) is 0 Å². The Hall–Kier alpha value is -3.66. The molecule has 0 aliphatic carbocycles. The van der Waals surface area contributed by atoms with E-state index in [4.69, 9.17) is 0 Å². The van der Waals surface area contributed by atoms with Gasteiger partial charge in [0.05, 0.1) is 11.3 Å². The molecular formula is C27H26N2O2. The second-order valence-electron chi connectivity index (χ2n) is 8.30. The number of rotatable bonds is 4. The molecule has 0 fully saturated rings. The molecule has 0 saturated heterocycles. The number of carbonyl (C=O) groups is 2. The summed E-state index contributed by atoms with van der Waals surface area (Å²) in [5.74, 6) is -0.648. The number of nitrogens with one attached hydrogen (secondary N) is 1. The van der Waals surface area contributed by atoms with Gasteiger partial charge in [0.25, 0.3) is 11.8 Å². The topological polar surface area (TPSA) is 49.4 Å². The minimum atomic E-state index is -0.338. The molecule has 0 radical (unpaired) electrons. The third-order valence-electron chi connectivity index (χ3n) is 5.68. The predicted molar refractivity (Wildman–Crippen MR) is 126 cm³/mol. The highest BCUT2D eigenvalue weighted by atomic mass is 16.2. The van der Waals surface area contributed by atoms with Crippen LogP contribution < -0.4 is 10.2 Å². The fourth-order valence-electron chi connectivity index (χ4n) is 3.82. The molecule has 3 aromatic carbocycles. The van der Waals surface area contributed by atoms with Gasteiger partial charge in [0.2, 0.25) is 0 Å². The quantitative estimate of drug-likeness (QED) is 0.568. The highest BCUT2D eigenvalue weighted by Crippen LogP contribution is 2.36. The van der Waals surface area contributed by atoms with E-state index in [1.165, 1.54) is 4.90 Å². The van der Waals surface area contributed by atoms with Gasteiger partial charge >= 0.3 is 0 Å². The standard InChI is InChI=1S/C27H26N2O2/c1-16-8-12-21(13-9-16)24-25(28-22-14-17(2)6-10-19(22)4)27(31)29(26(24)30)23-15-18(3)7-11-20(23)5/h6-15,28H,1-5H3. The first-order valence-corrected chi connectivity index (χ1v) is 10.4. The number of aryl methyl sites for hydroxylation is 5. The summed E-state index contributed by atoms with van der Waals surface area (Å²) in [5, 5.41) is 3.29. The second-order valence-corrected chi connectivity index (χ2v) is 8.30. The summed E-state index contributed by atoms with van der Waals surface area (Å²) in [4.78, 5) is 28.5. The number of imide groups is 1. The average Bonchev–Trinajstić information content (AvgIpc) is 2.97.